The fraction of sp³-hybridized carbons (Fsp3) is 0.462. The third kappa shape index (κ3) is 3.18. The highest BCUT2D eigenvalue weighted by atomic mass is 19.1. The van der Waals surface area contributed by atoms with Crippen molar-refractivity contribution in [1.29, 1.82) is 5.26 Å². The highest BCUT2D eigenvalue weighted by molar-refractivity contribution is 5.43. The summed E-state index contributed by atoms with van der Waals surface area (Å²) in [6, 6.07) is 5.98. The van der Waals surface area contributed by atoms with Gasteiger partial charge in [0.25, 0.3) is 0 Å². The zero-order valence-electron chi connectivity index (χ0n) is 9.58. The Morgan fingerprint density at radius 2 is 2.41 bits per heavy atom. The van der Waals surface area contributed by atoms with Crippen molar-refractivity contribution in [1.82, 2.24) is 5.32 Å². The van der Waals surface area contributed by atoms with Crippen molar-refractivity contribution >= 4 is 0 Å². The molecule has 90 valence electrons. The number of ether oxygens (including phenoxy) is 1. The molecule has 2 rings (SSSR count). The first-order chi connectivity index (χ1) is 8.29. The lowest BCUT2D eigenvalue weighted by molar-refractivity contribution is 0.218. The van der Waals surface area contributed by atoms with Gasteiger partial charge < -0.3 is 10.1 Å². The summed E-state index contributed by atoms with van der Waals surface area (Å²) in [5.41, 5.74) is 0.258. The average Bonchev–Trinajstić information content (AvgIpc) is 2.38. The zero-order chi connectivity index (χ0) is 12.1. The molecule has 1 fully saturated rings. The maximum absolute atomic E-state index is 12.9. The Kier molecular flexibility index (Phi) is 3.94. The van der Waals surface area contributed by atoms with Crippen LogP contribution in [0.3, 0.4) is 0 Å². The van der Waals surface area contributed by atoms with Crippen molar-refractivity contribution in [2.45, 2.75) is 12.8 Å². The second-order valence-electron chi connectivity index (χ2n) is 4.28. The van der Waals surface area contributed by atoms with Gasteiger partial charge >= 0.3 is 0 Å². The van der Waals surface area contributed by atoms with E-state index in [1.165, 1.54) is 18.2 Å². The van der Waals surface area contributed by atoms with E-state index in [1.54, 1.807) is 0 Å². The molecule has 4 heteroatoms. The summed E-state index contributed by atoms with van der Waals surface area (Å²) in [6.45, 7) is 2.59. The Balaban J connectivity index is 1.96. The van der Waals surface area contributed by atoms with Gasteiger partial charge in [-0.3, -0.25) is 0 Å². The molecule has 1 aromatic rings. The molecule has 1 aromatic carbocycles. The molecule has 0 aromatic heterocycles. The summed E-state index contributed by atoms with van der Waals surface area (Å²) < 4.78 is 18.5. The Morgan fingerprint density at radius 3 is 3.12 bits per heavy atom. The summed E-state index contributed by atoms with van der Waals surface area (Å²) in [5.74, 6) is 0.535. The normalized spacial score (nSPS) is 19.6. The number of piperidine rings is 1. The van der Waals surface area contributed by atoms with Crippen molar-refractivity contribution in [3.05, 3.63) is 29.6 Å². The number of hydrogen-bond acceptors (Lipinski definition) is 3. The van der Waals surface area contributed by atoms with Crippen LogP contribution in [0.5, 0.6) is 5.75 Å². The molecule has 0 radical (unpaired) electrons. The summed E-state index contributed by atoms with van der Waals surface area (Å²) >= 11 is 0. The van der Waals surface area contributed by atoms with Crippen molar-refractivity contribution in [3.63, 3.8) is 0 Å². The highest BCUT2D eigenvalue weighted by Crippen LogP contribution is 2.20. The molecular weight excluding hydrogens is 219 g/mol. The second-order valence-corrected chi connectivity index (χ2v) is 4.28. The van der Waals surface area contributed by atoms with E-state index in [9.17, 15) is 4.39 Å². The van der Waals surface area contributed by atoms with Gasteiger partial charge in [-0.1, -0.05) is 0 Å². The van der Waals surface area contributed by atoms with Crippen molar-refractivity contribution in [3.8, 4) is 11.8 Å². The number of nitriles is 1. The van der Waals surface area contributed by atoms with Crippen LogP contribution < -0.4 is 10.1 Å². The van der Waals surface area contributed by atoms with Crippen LogP contribution in [0.1, 0.15) is 18.4 Å². The molecule has 1 aliphatic rings. The quantitative estimate of drug-likeness (QED) is 0.870. The highest BCUT2D eigenvalue weighted by Gasteiger charge is 2.14. The third-order valence-electron chi connectivity index (χ3n) is 2.94. The van der Waals surface area contributed by atoms with Gasteiger partial charge in [0.15, 0.2) is 0 Å². The lowest BCUT2D eigenvalue weighted by Gasteiger charge is -2.22. The van der Waals surface area contributed by atoms with E-state index in [2.05, 4.69) is 5.32 Å². The van der Waals surface area contributed by atoms with Gasteiger partial charge in [0, 0.05) is 12.5 Å². The summed E-state index contributed by atoms with van der Waals surface area (Å²) in [7, 11) is 0. The second kappa shape index (κ2) is 5.65. The van der Waals surface area contributed by atoms with Crippen LogP contribution in [0.2, 0.25) is 0 Å². The molecule has 0 spiro atoms. The largest absolute Gasteiger partial charge is 0.492 e. The van der Waals surface area contributed by atoms with Crippen molar-refractivity contribution in [2.75, 3.05) is 19.7 Å². The van der Waals surface area contributed by atoms with Gasteiger partial charge in [0.05, 0.1) is 12.2 Å². The minimum absolute atomic E-state index is 0.258. The summed E-state index contributed by atoms with van der Waals surface area (Å²) in [5, 5.41) is 12.2. The van der Waals surface area contributed by atoms with Crippen LogP contribution in [0.15, 0.2) is 18.2 Å². The van der Waals surface area contributed by atoms with Gasteiger partial charge in [-0.25, -0.2) is 4.39 Å². The molecule has 0 aliphatic carbocycles. The molecule has 1 heterocycles. The minimum atomic E-state index is -0.409. The molecule has 1 N–H and O–H groups in total. The van der Waals surface area contributed by atoms with Gasteiger partial charge in [0.2, 0.25) is 0 Å². The van der Waals surface area contributed by atoms with E-state index in [4.69, 9.17) is 10.00 Å². The van der Waals surface area contributed by atoms with E-state index in [1.807, 2.05) is 6.07 Å². The van der Waals surface area contributed by atoms with Gasteiger partial charge in [0.1, 0.15) is 17.6 Å². The summed E-state index contributed by atoms with van der Waals surface area (Å²) in [4.78, 5) is 0. The topological polar surface area (TPSA) is 45.0 Å². The van der Waals surface area contributed by atoms with Crippen LogP contribution >= 0.6 is 0 Å². The Bertz CT molecular complexity index is 422. The average molecular weight is 234 g/mol. The Hall–Kier alpha value is -1.60. The standard InChI is InChI=1S/C13H15FN2O/c14-12-3-4-13(11(6-12)7-15)17-9-10-2-1-5-16-8-10/h3-4,6,10,16H,1-2,5,8-9H2. The molecular formula is C13H15FN2O. The van der Waals surface area contributed by atoms with Crippen LogP contribution in [0.25, 0.3) is 0 Å². The third-order valence-corrected chi connectivity index (χ3v) is 2.94. The van der Waals surface area contributed by atoms with Crippen LogP contribution in [-0.4, -0.2) is 19.7 Å². The first-order valence-electron chi connectivity index (χ1n) is 5.83. The molecule has 1 unspecified atom stereocenters. The fourth-order valence-electron chi connectivity index (χ4n) is 1.99. The van der Waals surface area contributed by atoms with Gasteiger partial charge in [-0.05, 0) is 37.6 Å². The smallest absolute Gasteiger partial charge is 0.137 e. The number of rotatable bonds is 3. The van der Waals surface area contributed by atoms with Crippen LogP contribution in [0, 0.1) is 23.1 Å². The zero-order valence-corrected chi connectivity index (χ0v) is 9.58. The minimum Gasteiger partial charge on any atom is -0.492 e. The molecule has 0 saturated carbocycles. The van der Waals surface area contributed by atoms with Gasteiger partial charge in [-0.2, -0.15) is 5.26 Å². The van der Waals surface area contributed by atoms with E-state index >= 15 is 0 Å². The van der Waals surface area contributed by atoms with Crippen molar-refractivity contribution < 1.29 is 9.13 Å². The van der Waals surface area contributed by atoms with E-state index in [0.717, 1.165) is 25.9 Å². The lowest BCUT2D eigenvalue weighted by atomic mass is 10.0. The fourth-order valence-corrected chi connectivity index (χ4v) is 1.99. The van der Waals surface area contributed by atoms with E-state index in [0.29, 0.717) is 18.3 Å². The van der Waals surface area contributed by atoms with E-state index in [-0.39, 0.29) is 5.56 Å². The first-order valence-corrected chi connectivity index (χ1v) is 5.83. The number of nitrogens with one attached hydrogen (secondary N) is 1. The Labute approximate surface area is 100 Å². The molecule has 1 atom stereocenters. The monoisotopic (exact) mass is 234 g/mol. The molecule has 17 heavy (non-hydrogen) atoms. The molecule has 3 nitrogen and oxygen atoms in total. The van der Waals surface area contributed by atoms with Crippen LogP contribution in [-0.2, 0) is 0 Å². The number of nitrogens with zero attached hydrogens (tertiary/aromatic N) is 1. The Morgan fingerprint density at radius 1 is 1.53 bits per heavy atom. The molecule has 0 bridgehead atoms. The summed E-state index contributed by atoms with van der Waals surface area (Å²) in [6.07, 6.45) is 2.29. The lowest BCUT2D eigenvalue weighted by Crippen LogP contribution is -2.33. The molecule has 1 aliphatic heterocycles. The first kappa shape index (κ1) is 11.9. The predicted molar refractivity (Wildman–Crippen MR) is 62.2 cm³/mol. The molecule has 1 saturated heterocycles. The SMILES string of the molecule is N#Cc1cc(F)ccc1OCC1CCCNC1. The predicted octanol–water partition coefficient (Wildman–Crippen LogP) is 2.08. The molecule has 0 amide bonds. The van der Waals surface area contributed by atoms with E-state index < -0.39 is 5.82 Å². The van der Waals surface area contributed by atoms with Crippen LogP contribution in [0.4, 0.5) is 4.39 Å². The number of benzene rings is 1. The maximum Gasteiger partial charge on any atom is 0.137 e. The van der Waals surface area contributed by atoms with Crippen molar-refractivity contribution in [2.24, 2.45) is 5.92 Å². The number of halogens is 1. The van der Waals surface area contributed by atoms with Gasteiger partial charge in [-0.15, -0.1) is 0 Å². The maximum atomic E-state index is 12.9. The number of hydrogen-bond donors (Lipinski definition) is 1.